The Labute approximate surface area is 116 Å². The zero-order valence-corrected chi connectivity index (χ0v) is 12.0. The van der Waals surface area contributed by atoms with Crippen LogP contribution >= 0.6 is 0 Å². The summed E-state index contributed by atoms with van der Waals surface area (Å²) in [6.45, 7) is 1.57. The molecule has 1 aromatic rings. The van der Waals surface area contributed by atoms with Crippen LogP contribution in [0.25, 0.3) is 0 Å². The van der Waals surface area contributed by atoms with E-state index >= 15 is 0 Å². The molecule has 0 unspecified atom stereocenters. The van der Waals surface area contributed by atoms with E-state index in [9.17, 15) is 18.0 Å². The van der Waals surface area contributed by atoms with Gasteiger partial charge < -0.3 is 15.7 Å². The molecule has 1 aromatic carbocycles. The molecule has 0 heterocycles. The Kier molecular flexibility index (Phi) is 5.09. The smallest absolute Gasteiger partial charge is 0.336 e. The third kappa shape index (κ3) is 4.88. The first-order valence-corrected chi connectivity index (χ1v) is 7.82. The molecule has 2 amide bonds. The van der Waals surface area contributed by atoms with Gasteiger partial charge in [0.15, 0.2) is 0 Å². The molecule has 0 aliphatic rings. The van der Waals surface area contributed by atoms with Gasteiger partial charge in [0, 0.05) is 18.5 Å². The Morgan fingerprint density at radius 1 is 1.30 bits per heavy atom. The number of rotatable bonds is 5. The van der Waals surface area contributed by atoms with Gasteiger partial charge in [0.25, 0.3) is 0 Å². The minimum atomic E-state index is -3.14. The number of anilines is 1. The zero-order valence-electron chi connectivity index (χ0n) is 11.1. The summed E-state index contributed by atoms with van der Waals surface area (Å²) >= 11 is 0. The largest absolute Gasteiger partial charge is 0.478 e. The molecule has 110 valence electrons. The number of benzene rings is 1. The van der Waals surface area contributed by atoms with Crippen molar-refractivity contribution in [1.29, 1.82) is 0 Å². The monoisotopic (exact) mass is 300 g/mol. The predicted molar refractivity (Wildman–Crippen MR) is 74.9 cm³/mol. The van der Waals surface area contributed by atoms with Crippen LogP contribution in [-0.2, 0) is 9.84 Å². The van der Waals surface area contributed by atoms with E-state index in [0.717, 1.165) is 6.26 Å². The lowest BCUT2D eigenvalue weighted by Gasteiger charge is -2.11. The maximum Gasteiger partial charge on any atom is 0.336 e. The van der Waals surface area contributed by atoms with Crippen molar-refractivity contribution >= 4 is 27.5 Å². The fraction of sp³-hybridized carbons (Fsp3) is 0.333. The summed E-state index contributed by atoms with van der Waals surface area (Å²) in [5.41, 5.74) is 0.888. The maximum absolute atomic E-state index is 11.6. The highest BCUT2D eigenvalue weighted by molar-refractivity contribution is 7.90. The standard InChI is InChI=1S/C12H16N2O5S/c1-8-9(11(15)16)4-3-5-10(8)14-12(17)13-6-7-20(2,18)19/h3-5H,6-7H2,1-2H3,(H,15,16)(H2,13,14,17). The van der Waals surface area contributed by atoms with Crippen LogP contribution in [0.5, 0.6) is 0 Å². The Hall–Kier alpha value is -2.09. The van der Waals surface area contributed by atoms with E-state index in [-0.39, 0.29) is 17.9 Å². The van der Waals surface area contributed by atoms with Crippen molar-refractivity contribution in [3.63, 3.8) is 0 Å². The number of carboxylic acid groups (broad SMARTS) is 1. The van der Waals surface area contributed by atoms with E-state index in [4.69, 9.17) is 5.11 Å². The highest BCUT2D eigenvalue weighted by Gasteiger charge is 2.12. The van der Waals surface area contributed by atoms with Gasteiger partial charge >= 0.3 is 12.0 Å². The molecule has 0 atom stereocenters. The molecule has 3 N–H and O–H groups in total. The van der Waals surface area contributed by atoms with Crippen molar-refractivity contribution in [1.82, 2.24) is 5.32 Å². The van der Waals surface area contributed by atoms with Gasteiger partial charge in [-0.15, -0.1) is 0 Å². The number of carbonyl (C=O) groups is 2. The number of amides is 2. The molecule has 0 fully saturated rings. The van der Waals surface area contributed by atoms with Gasteiger partial charge in [-0.3, -0.25) is 0 Å². The topological polar surface area (TPSA) is 113 Å². The summed E-state index contributed by atoms with van der Waals surface area (Å²) in [6.07, 6.45) is 1.08. The molecule has 0 spiro atoms. The third-order valence-corrected chi connectivity index (χ3v) is 3.52. The van der Waals surface area contributed by atoms with E-state index < -0.39 is 21.8 Å². The van der Waals surface area contributed by atoms with E-state index in [1.165, 1.54) is 12.1 Å². The molecule has 0 saturated carbocycles. The van der Waals surface area contributed by atoms with Crippen LogP contribution in [0.4, 0.5) is 10.5 Å². The quantitative estimate of drug-likeness (QED) is 0.746. The van der Waals surface area contributed by atoms with E-state index in [1.807, 2.05) is 0 Å². The van der Waals surface area contributed by atoms with Gasteiger partial charge in [-0.05, 0) is 24.6 Å². The van der Waals surface area contributed by atoms with E-state index in [0.29, 0.717) is 11.3 Å². The second kappa shape index (κ2) is 6.38. The number of carbonyl (C=O) groups excluding carboxylic acids is 1. The number of sulfone groups is 1. The predicted octanol–water partition coefficient (Wildman–Crippen LogP) is 0.859. The molecule has 0 aliphatic carbocycles. The van der Waals surface area contributed by atoms with Gasteiger partial charge in [0.2, 0.25) is 0 Å². The fourth-order valence-corrected chi connectivity index (χ4v) is 1.99. The Bertz CT molecular complexity index is 625. The number of hydrogen-bond acceptors (Lipinski definition) is 4. The molecule has 8 heteroatoms. The summed E-state index contributed by atoms with van der Waals surface area (Å²) in [5, 5.41) is 13.8. The van der Waals surface area contributed by atoms with Crippen LogP contribution < -0.4 is 10.6 Å². The Balaban J connectivity index is 2.67. The average molecular weight is 300 g/mol. The first-order valence-electron chi connectivity index (χ1n) is 5.76. The number of nitrogens with one attached hydrogen (secondary N) is 2. The summed E-state index contributed by atoms with van der Waals surface area (Å²) in [6, 6.07) is 3.93. The van der Waals surface area contributed by atoms with Gasteiger partial charge in [-0.1, -0.05) is 6.07 Å². The van der Waals surface area contributed by atoms with Crippen LogP contribution in [-0.4, -0.2) is 44.1 Å². The first kappa shape index (κ1) is 16.0. The van der Waals surface area contributed by atoms with E-state index in [2.05, 4.69) is 10.6 Å². The first-order chi connectivity index (χ1) is 9.20. The van der Waals surface area contributed by atoms with Crippen LogP contribution in [0, 0.1) is 6.92 Å². The van der Waals surface area contributed by atoms with Gasteiger partial charge in [-0.2, -0.15) is 0 Å². The summed E-state index contributed by atoms with van der Waals surface area (Å²) in [5.74, 6) is -1.24. The van der Waals surface area contributed by atoms with Crippen LogP contribution in [0.15, 0.2) is 18.2 Å². The molecule has 0 saturated heterocycles. The molecule has 0 aliphatic heterocycles. The molecule has 1 rings (SSSR count). The van der Waals surface area contributed by atoms with E-state index in [1.54, 1.807) is 13.0 Å². The van der Waals surface area contributed by atoms with Crippen molar-refractivity contribution in [2.24, 2.45) is 0 Å². The molecule has 0 radical (unpaired) electrons. The zero-order chi connectivity index (χ0) is 15.3. The lowest BCUT2D eigenvalue weighted by atomic mass is 10.1. The molecule has 0 bridgehead atoms. The second-order valence-corrected chi connectivity index (χ2v) is 6.55. The minimum absolute atomic E-state index is 0.0116. The van der Waals surface area contributed by atoms with Crippen molar-refractivity contribution in [2.75, 3.05) is 23.9 Å². The van der Waals surface area contributed by atoms with Crippen LogP contribution in [0.3, 0.4) is 0 Å². The van der Waals surface area contributed by atoms with Gasteiger partial charge in [0.1, 0.15) is 9.84 Å². The lowest BCUT2D eigenvalue weighted by Crippen LogP contribution is -2.32. The minimum Gasteiger partial charge on any atom is -0.478 e. The summed E-state index contributed by atoms with van der Waals surface area (Å²) in [7, 11) is -3.14. The van der Waals surface area contributed by atoms with Gasteiger partial charge in [0.05, 0.1) is 11.3 Å². The molecule has 0 aromatic heterocycles. The van der Waals surface area contributed by atoms with Crippen LogP contribution in [0.2, 0.25) is 0 Å². The Morgan fingerprint density at radius 2 is 1.95 bits per heavy atom. The maximum atomic E-state index is 11.6. The number of urea groups is 1. The van der Waals surface area contributed by atoms with Crippen molar-refractivity contribution < 1.29 is 23.1 Å². The summed E-state index contributed by atoms with van der Waals surface area (Å²) < 4.78 is 21.8. The Morgan fingerprint density at radius 3 is 2.50 bits per heavy atom. The second-order valence-electron chi connectivity index (χ2n) is 4.29. The highest BCUT2D eigenvalue weighted by atomic mass is 32.2. The van der Waals surface area contributed by atoms with Crippen molar-refractivity contribution in [3.8, 4) is 0 Å². The number of aromatic carboxylic acids is 1. The molecular formula is C12H16N2O5S. The van der Waals surface area contributed by atoms with Crippen molar-refractivity contribution in [3.05, 3.63) is 29.3 Å². The summed E-state index contributed by atoms with van der Waals surface area (Å²) in [4.78, 5) is 22.5. The molecule has 20 heavy (non-hydrogen) atoms. The SMILES string of the molecule is Cc1c(NC(=O)NCCS(C)(=O)=O)cccc1C(=O)O. The third-order valence-electron chi connectivity index (χ3n) is 2.57. The lowest BCUT2D eigenvalue weighted by molar-refractivity contribution is 0.0696. The number of carboxylic acids is 1. The van der Waals surface area contributed by atoms with Crippen molar-refractivity contribution in [2.45, 2.75) is 6.92 Å². The fourth-order valence-electron chi connectivity index (χ4n) is 1.52. The van der Waals surface area contributed by atoms with Crippen LogP contribution in [0.1, 0.15) is 15.9 Å². The number of hydrogen-bond donors (Lipinski definition) is 3. The average Bonchev–Trinajstić information content (AvgIpc) is 2.29. The highest BCUT2D eigenvalue weighted by Crippen LogP contribution is 2.18. The normalized spacial score (nSPS) is 10.9. The molecular weight excluding hydrogens is 284 g/mol. The molecule has 7 nitrogen and oxygen atoms in total. The van der Waals surface area contributed by atoms with Gasteiger partial charge in [-0.25, -0.2) is 18.0 Å².